The molecule has 0 radical (unpaired) electrons. The number of Topliss-reactive ketones (excluding diaryl/α,β-unsaturated/α-hetero) is 1. The normalized spacial score (nSPS) is 10.7. The van der Waals surface area contributed by atoms with Gasteiger partial charge in [-0.05, 0) is 34.0 Å². The molecule has 2 nitrogen and oxygen atoms in total. The van der Waals surface area contributed by atoms with Gasteiger partial charge in [0.15, 0.2) is 16.2 Å². The van der Waals surface area contributed by atoms with Crippen LogP contribution in [0.1, 0.15) is 30.8 Å². The summed E-state index contributed by atoms with van der Waals surface area (Å²) in [7, 11) is 0. The van der Waals surface area contributed by atoms with E-state index >= 15 is 0 Å². The molecule has 1 aromatic heterocycles. The third kappa shape index (κ3) is 2.48. The molecule has 3 heteroatoms. The lowest BCUT2D eigenvalue weighted by Crippen LogP contribution is -2.01. The van der Waals surface area contributed by atoms with E-state index in [9.17, 15) is 4.79 Å². The van der Waals surface area contributed by atoms with Crippen molar-refractivity contribution in [2.45, 2.75) is 20.3 Å². The maximum Gasteiger partial charge on any atom is 0.198 e. The van der Waals surface area contributed by atoms with Gasteiger partial charge >= 0.3 is 0 Å². The van der Waals surface area contributed by atoms with E-state index < -0.39 is 0 Å². The first-order valence-electron chi connectivity index (χ1n) is 3.88. The zero-order valence-corrected chi connectivity index (χ0v) is 8.72. The van der Waals surface area contributed by atoms with E-state index in [0.29, 0.717) is 22.8 Å². The quantitative estimate of drug-likeness (QED) is 0.747. The fourth-order valence-electron chi connectivity index (χ4n) is 0.936. The van der Waals surface area contributed by atoms with Crippen LogP contribution in [0.2, 0.25) is 0 Å². The topological polar surface area (TPSA) is 30.2 Å². The minimum atomic E-state index is 0.0655. The summed E-state index contributed by atoms with van der Waals surface area (Å²) in [5.41, 5.74) is 0. The number of ketones is 1. The van der Waals surface area contributed by atoms with Gasteiger partial charge in [-0.1, -0.05) is 13.8 Å². The molecule has 0 aromatic carbocycles. The van der Waals surface area contributed by atoms with Crippen molar-refractivity contribution in [3.8, 4) is 0 Å². The lowest BCUT2D eigenvalue weighted by Gasteiger charge is -1.99. The Morgan fingerprint density at radius 1 is 1.58 bits per heavy atom. The molecule has 1 aromatic rings. The Balaban J connectivity index is 2.65. The Bertz CT molecular complexity index is 276. The molecule has 1 rings (SSSR count). The van der Waals surface area contributed by atoms with Crippen LogP contribution in [0.3, 0.4) is 0 Å². The van der Waals surface area contributed by atoms with Gasteiger partial charge in [0, 0.05) is 6.42 Å². The van der Waals surface area contributed by atoms with Crippen molar-refractivity contribution in [3.05, 3.63) is 22.6 Å². The summed E-state index contributed by atoms with van der Waals surface area (Å²) in [6.45, 7) is 4.02. The van der Waals surface area contributed by atoms with Crippen molar-refractivity contribution < 1.29 is 9.21 Å². The molecule has 1 heterocycles. The fourth-order valence-corrected chi connectivity index (χ4v) is 1.24. The minimum absolute atomic E-state index is 0.0655. The highest BCUT2D eigenvalue weighted by molar-refractivity contribution is 9.10. The van der Waals surface area contributed by atoms with Crippen molar-refractivity contribution in [2.24, 2.45) is 5.92 Å². The molecule has 0 bridgehead atoms. The molecule has 0 saturated heterocycles. The Hall–Kier alpha value is -0.570. The number of carbonyl (C=O) groups excluding carboxylic acids is 1. The summed E-state index contributed by atoms with van der Waals surface area (Å²) in [6.07, 6.45) is 0.542. The van der Waals surface area contributed by atoms with Crippen LogP contribution in [-0.2, 0) is 0 Å². The molecule has 12 heavy (non-hydrogen) atoms. The van der Waals surface area contributed by atoms with Gasteiger partial charge in [-0.15, -0.1) is 0 Å². The summed E-state index contributed by atoms with van der Waals surface area (Å²) < 4.78 is 5.72. The van der Waals surface area contributed by atoms with E-state index in [2.05, 4.69) is 15.9 Å². The third-order valence-corrected chi connectivity index (χ3v) is 1.87. The van der Waals surface area contributed by atoms with Gasteiger partial charge in [0.25, 0.3) is 0 Å². The number of hydrogen-bond donors (Lipinski definition) is 0. The SMILES string of the molecule is CC(C)CC(=O)c1ccc(Br)o1. The Morgan fingerprint density at radius 3 is 2.67 bits per heavy atom. The third-order valence-electron chi connectivity index (χ3n) is 1.44. The number of rotatable bonds is 3. The molecule has 0 saturated carbocycles. The first-order valence-corrected chi connectivity index (χ1v) is 4.67. The van der Waals surface area contributed by atoms with Gasteiger partial charge in [-0.2, -0.15) is 0 Å². The highest BCUT2D eigenvalue weighted by Crippen LogP contribution is 2.16. The van der Waals surface area contributed by atoms with Crippen LogP contribution in [0, 0.1) is 5.92 Å². The van der Waals surface area contributed by atoms with E-state index in [1.165, 1.54) is 0 Å². The number of halogens is 1. The van der Waals surface area contributed by atoms with Crippen LogP contribution in [0.15, 0.2) is 21.2 Å². The predicted octanol–water partition coefficient (Wildman–Crippen LogP) is 3.27. The van der Waals surface area contributed by atoms with E-state index in [1.807, 2.05) is 13.8 Å². The second kappa shape index (κ2) is 3.90. The first kappa shape index (κ1) is 9.52. The standard InChI is InChI=1S/C9H11BrO2/c1-6(2)5-7(11)8-3-4-9(10)12-8/h3-4,6H,5H2,1-2H3. The molecule has 0 atom stereocenters. The maximum absolute atomic E-state index is 11.4. The zero-order chi connectivity index (χ0) is 9.14. The van der Waals surface area contributed by atoms with Crippen molar-refractivity contribution in [1.29, 1.82) is 0 Å². The van der Waals surface area contributed by atoms with E-state index in [0.717, 1.165) is 0 Å². The highest BCUT2D eigenvalue weighted by atomic mass is 79.9. The average Bonchev–Trinajstić information content (AvgIpc) is 2.34. The zero-order valence-electron chi connectivity index (χ0n) is 7.13. The van der Waals surface area contributed by atoms with Gasteiger partial charge in [0.1, 0.15) is 0 Å². The van der Waals surface area contributed by atoms with Gasteiger partial charge in [0.05, 0.1) is 0 Å². The highest BCUT2D eigenvalue weighted by Gasteiger charge is 2.11. The van der Waals surface area contributed by atoms with Crippen molar-refractivity contribution in [3.63, 3.8) is 0 Å². The monoisotopic (exact) mass is 230 g/mol. The molecule has 0 N–H and O–H groups in total. The molecule has 66 valence electrons. The van der Waals surface area contributed by atoms with Crippen molar-refractivity contribution in [2.75, 3.05) is 0 Å². The summed E-state index contributed by atoms with van der Waals surface area (Å²) in [4.78, 5) is 11.4. The second-order valence-corrected chi connectivity index (χ2v) is 3.91. The smallest absolute Gasteiger partial charge is 0.198 e. The van der Waals surface area contributed by atoms with Gasteiger partial charge < -0.3 is 4.42 Å². The van der Waals surface area contributed by atoms with Gasteiger partial charge in [0.2, 0.25) is 0 Å². The van der Waals surface area contributed by atoms with Crippen LogP contribution >= 0.6 is 15.9 Å². The molecule has 0 aliphatic rings. The van der Waals surface area contributed by atoms with Crippen LogP contribution in [-0.4, -0.2) is 5.78 Å². The number of carbonyl (C=O) groups is 1. The van der Waals surface area contributed by atoms with E-state index in [1.54, 1.807) is 12.1 Å². The van der Waals surface area contributed by atoms with Crippen LogP contribution in [0.5, 0.6) is 0 Å². The molecular weight excluding hydrogens is 220 g/mol. The Morgan fingerprint density at radius 2 is 2.25 bits per heavy atom. The minimum Gasteiger partial charge on any atom is -0.446 e. The number of hydrogen-bond acceptors (Lipinski definition) is 2. The molecular formula is C9H11BrO2. The lowest BCUT2D eigenvalue weighted by atomic mass is 10.1. The summed E-state index contributed by atoms with van der Waals surface area (Å²) in [5, 5.41) is 0. The van der Waals surface area contributed by atoms with Crippen LogP contribution in [0.25, 0.3) is 0 Å². The second-order valence-electron chi connectivity index (χ2n) is 3.12. The van der Waals surface area contributed by atoms with Crippen molar-refractivity contribution >= 4 is 21.7 Å². The van der Waals surface area contributed by atoms with Gasteiger partial charge in [-0.25, -0.2) is 0 Å². The molecule has 0 spiro atoms. The molecule has 0 fully saturated rings. The summed E-state index contributed by atoms with van der Waals surface area (Å²) in [6, 6.07) is 3.42. The van der Waals surface area contributed by atoms with E-state index in [4.69, 9.17) is 4.42 Å². The average molecular weight is 231 g/mol. The lowest BCUT2D eigenvalue weighted by molar-refractivity contribution is 0.0939. The molecule has 0 aliphatic carbocycles. The van der Waals surface area contributed by atoms with E-state index in [-0.39, 0.29) is 5.78 Å². The number of furan rings is 1. The first-order chi connectivity index (χ1) is 5.59. The largest absolute Gasteiger partial charge is 0.446 e. The molecule has 0 aliphatic heterocycles. The van der Waals surface area contributed by atoms with Crippen LogP contribution in [0.4, 0.5) is 0 Å². The fraction of sp³-hybridized carbons (Fsp3) is 0.444. The summed E-state index contributed by atoms with van der Waals surface area (Å²) >= 11 is 3.15. The Labute approximate surface area is 80.1 Å². The summed E-state index contributed by atoms with van der Waals surface area (Å²) in [5.74, 6) is 0.882. The molecule has 0 amide bonds. The Kier molecular flexibility index (Phi) is 3.09. The van der Waals surface area contributed by atoms with Crippen molar-refractivity contribution in [1.82, 2.24) is 0 Å². The van der Waals surface area contributed by atoms with Crippen LogP contribution < -0.4 is 0 Å². The van der Waals surface area contributed by atoms with Gasteiger partial charge in [-0.3, -0.25) is 4.79 Å². The molecule has 0 unspecified atom stereocenters. The predicted molar refractivity (Wildman–Crippen MR) is 50.2 cm³/mol. The maximum atomic E-state index is 11.4.